The van der Waals surface area contributed by atoms with Gasteiger partial charge >= 0.3 is 37.9 Å². The second-order valence-corrected chi connectivity index (χ2v) is 21.7. The molecule has 0 amide bonds. The summed E-state index contributed by atoms with van der Waals surface area (Å²) in [5.74, 6) is 1.02. The zero-order valence-electron chi connectivity index (χ0n) is 38.7. The molecular formula is C62H56Cl2SiZr. The molecule has 10 aromatic rings. The average molecular weight is 991 g/mol. The van der Waals surface area contributed by atoms with Crippen molar-refractivity contribution in [2.75, 3.05) is 0 Å². The summed E-state index contributed by atoms with van der Waals surface area (Å²) in [6.45, 7) is 13.4. The van der Waals surface area contributed by atoms with Crippen molar-refractivity contribution in [3.63, 3.8) is 0 Å². The fourth-order valence-corrected chi connectivity index (χ4v) is 8.71. The van der Waals surface area contributed by atoms with Gasteiger partial charge in [0.2, 0.25) is 0 Å². The van der Waals surface area contributed by atoms with Crippen LogP contribution in [0.4, 0.5) is 0 Å². The first kappa shape index (κ1) is 48.6. The summed E-state index contributed by atoms with van der Waals surface area (Å²) >= 11 is -0.826. The van der Waals surface area contributed by atoms with Gasteiger partial charge in [0, 0.05) is 9.52 Å². The first-order valence-electron chi connectivity index (χ1n) is 22.7. The molecule has 0 N–H and O–H groups in total. The molecule has 0 spiro atoms. The SMILES string of the molecule is CC(C)c1cc2c(-c3ccccc3-c3ccccc3)c(-c3ccccc3)ccc2[cH-]1.CC(C)c1cc2c(-c3ccccc3-c3ccccc3)c(-c3ccccc3)ccc2[cH-]1.C[Si]C.[Cl][Zr+2][Cl]. The van der Waals surface area contributed by atoms with Gasteiger partial charge in [-0.1, -0.05) is 234 Å². The molecule has 66 heavy (non-hydrogen) atoms. The second kappa shape index (κ2) is 23.9. The molecule has 2 radical (unpaired) electrons. The number of halogens is 2. The van der Waals surface area contributed by atoms with E-state index < -0.39 is 20.8 Å². The summed E-state index contributed by atoms with van der Waals surface area (Å²) in [7, 11) is 11.0. The fourth-order valence-electron chi connectivity index (χ4n) is 8.71. The predicted octanol–water partition coefficient (Wildman–Crippen LogP) is 19.5. The van der Waals surface area contributed by atoms with Crippen LogP contribution in [0, 0.1) is 0 Å². The summed E-state index contributed by atoms with van der Waals surface area (Å²) in [4.78, 5) is 0. The average Bonchev–Trinajstić information content (AvgIpc) is 4.02. The fraction of sp³-hybridized carbons (Fsp3) is 0.129. The van der Waals surface area contributed by atoms with E-state index in [0.29, 0.717) is 11.8 Å². The van der Waals surface area contributed by atoms with Crippen molar-refractivity contribution in [1.29, 1.82) is 0 Å². The third-order valence-electron chi connectivity index (χ3n) is 11.9. The van der Waals surface area contributed by atoms with Crippen LogP contribution in [-0.2, 0) is 20.8 Å². The number of hydrogen-bond acceptors (Lipinski definition) is 0. The molecule has 0 saturated heterocycles. The Hall–Kier alpha value is -5.34. The van der Waals surface area contributed by atoms with Crippen molar-refractivity contribution in [1.82, 2.24) is 0 Å². The Kier molecular flexibility index (Phi) is 17.6. The summed E-state index contributed by atoms with van der Waals surface area (Å²) in [6, 6.07) is 79.1. The minimum atomic E-state index is -0.826. The molecule has 0 saturated carbocycles. The van der Waals surface area contributed by atoms with Crippen molar-refractivity contribution in [2.45, 2.75) is 52.6 Å². The van der Waals surface area contributed by atoms with E-state index in [-0.39, 0.29) is 0 Å². The normalized spacial score (nSPS) is 10.7. The van der Waals surface area contributed by atoms with Gasteiger partial charge in [-0.3, -0.25) is 0 Å². The molecule has 0 heterocycles. The third kappa shape index (κ3) is 11.4. The molecule has 0 nitrogen and oxygen atoms in total. The first-order valence-corrected chi connectivity index (χ1v) is 31.0. The Morgan fingerprint density at radius 1 is 0.364 bits per heavy atom. The van der Waals surface area contributed by atoms with Gasteiger partial charge in [0.1, 0.15) is 0 Å². The van der Waals surface area contributed by atoms with Crippen LogP contribution < -0.4 is 0 Å². The summed E-state index contributed by atoms with van der Waals surface area (Å²) in [5.41, 5.74) is 18.1. The van der Waals surface area contributed by atoms with Crippen molar-refractivity contribution in [3.05, 3.63) is 230 Å². The summed E-state index contributed by atoms with van der Waals surface area (Å²) in [6.07, 6.45) is 0. The predicted molar refractivity (Wildman–Crippen MR) is 289 cm³/mol. The molecule has 4 heteroatoms. The van der Waals surface area contributed by atoms with Gasteiger partial charge in [0.05, 0.1) is 0 Å². The van der Waals surface area contributed by atoms with Crippen LogP contribution in [-0.4, -0.2) is 9.52 Å². The van der Waals surface area contributed by atoms with Crippen molar-refractivity contribution < 1.29 is 20.8 Å². The van der Waals surface area contributed by atoms with Gasteiger partial charge in [-0.05, 0) is 67.5 Å². The number of benzene rings is 8. The van der Waals surface area contributed by atoms with E-state index in [0.717, 1.165) is 9.52 Å². The van der Waals surface area contributed by atoms with E-state index in [1.54, 1.807) is 0 Å². The van der Waals surface area contributed by atoms with Gasteiger partial charge < -0.3 is 0 Å². The second-order valence-electron chi connectivity index (χ2n) is 17.0. The van der Waals surface area contributed by atoms with Crippen molar-refractivity contribution >= 4 is 48.1 Å². The van der Waals surface area contributed by atoms with Crippen LogP contribution in [0.15, 0.2) is 218 Å². The Morgan fingerprint density at radius 3 is 0.909 bits per heavy atom. The molecule has 10 aromatic carbocycles. The van der Waals surface area contributed by atoms with Crippen LogP contribution in [0.2, 0.25) is 13.1 Å². The number of hydrogen-bond donors (Lipinski definition) is 0. The third-order valence-corrected chi connectivity index (χ3v) is 11.9. The molecular weight excluding hydrogens is 935 g/mol. The van der Waals surface area contributed by atoms with Gasteiger partial charge in [-0.25, -0.2) is 0 Å². The van der Waals surface area contributed by atoms with Gasteiger partial charge in [0.15, 0.2) is 0 Å². The molecule has 326 valence electrons. The van der Waals surface area contributed by atoms with Crippen LogP contribution in [0.25, 0.3) is 88.3 Å². The molecule has 10 rings (SSSR count). The quantitative estimate of drug-likeness (QED) is 0.105. The van der Waals surface area contributed by atoms with Gasteiger partial charge in [-0.2, -0.15) is 12.1 Å². The maximum atomic E-state index is 4.93. The summed E-state index contributed by atoms with van der Waals surface area (Å²) < 4.78 is 0. The minimum absolute atomic E-state index is 0.509. The molecule has 0 aliphatic heterocycles. The molecule has 0 bridgehead atoms. The van der Waals surface area contributed by atoms with E-state index in [2.05, 4.69) is 259 Å². The molecule has 0 unspecified atom stereocenters. The van der Waals surface area contributed by atoms with Crippen molar-refractivity contribution in [3.8, 4) is 66.8 Å². The van der Waals surface area contributed by atoms with E-state index in [1.807, 2.05) is 0 Å². The van der Waals surface area contributed by atoms with Crippen molar-refractivity contribution in [2.24, 2.45) is 0 Å². The Labute approximate surface area is 414 Å². The van der Waals surface area contributed by atoms with Crippen LogP contribution in [0.1, 0.15) is 50.7 Å². The monoisotopic (exact) mass is 988 g/mol. The molecule has 0 aliphatic rings. The topological polar surface area (TPSA) is 0 Å². The maximum absolute atomic E-state index is 4.93. The molecule has 0 aliphatic carbocycles. The Morgan fingerprint density at radius 2 is 0.621 bits per heavy atom. The first-order chi connectivity index (χ1) is 32.3. The Balaban J connectivity index is 0.000000176. The van der Waals surface area contributed by atoms with Crippen LogP contribution in [0.5, 0.6) is 0 Å². The van der Waals surface area contributed by atoms with Gasteiger partial charge in [0.25, 0.3) is 0 Å². The van der Waals surface area contributed by atoms with Crippen LogP contribution >= 0.6 is 17.0 Å². The standard InChI is InChI=1S/2C30H25.C2H6Si.2ClH.Zr/c2*1-21(2)25-19-24-17-18-27(23-13-7-4-8-14-23)30(29(24)20-25)28-16-10-9-15-26(28)22-11-5-3-6-12-22;1-3-2;;;/h2*3-21H,1-2H3;1-2H3;2*1H;/q2*-1;;;;+4/p-2. The van der Waals surface area contributed by atoms with E-state index in [9.17, 15) is 0 Å². The molecule has 0 fully saturated rings. The summed E-state index contributed by atoms with van der Waals surface area (Å²) in [5, 5.41) is 5.30. The zero-order chi connectivity index (χ0) is 46.4. The van der Waals surface area contributed by atoms with Gasteiger partial charge in [-0.15, -0.1) is 56.9 Å². The number of fused-ring (bicyclic) bond motifs is 2. The Bertz CT molecular complexity index is 2850. The number of rotatable bonds is 8. The van der Waals surface area contributed by atoms with Crippen LogP contribution in [0.3, 0.4) is 0 Å². The molecule has 0 atom stereocenters. The van der Waals surface area contributed by atoms with E-state index in [1.165, 1.54) is 99.4 Å². The molecule has 0 aromatic heterocycles. The van der Waals surface area contributed by atoms with E-state index >= 15 is 0 Å². The van der Waals surface area contributed by atoms with E-state index in [4.69, 9.17) is 17.0 Å². The zero-order valence-corrected chi connectivity index (χ0v) is 43.7.